The predicted octanol–water partition coefficient (Wildman–Crippen LogP) is 3.99. The Morgan fingerprint density at radius 2 is 2.05 bits per heavy atom. The molecule has 0 aliphatic rings. The van der Waals surface area contributed by atoms with Crippen LogP contribution in [0.15, 0.2) is 40.9 Å². The van der Waals surface area contributed by atoms with Gasteiger partial charge >= 0.3 is 0 Å². The number of aldehydes is 1. The molecule has 5 heteroatoms. The van der Waals surface area contributed by atoms with Gasteiger partial charge in [-0.05, 0) is 30.3 Å². The Labute approximate surface area is 124 Å². The average Bonchev–Trinajstić information content (AvgIpc) is 2.44. The summed E-state index contributed by atoms with van der Waals surface area (Å²) < 4.78 is 24.9. The molecule has 0 atom stereocenters. The largest absolute Gasteiger partial charge is 0.496 e. The smallest absolute Gasteiger partial charge is 0.150 e. The number of ether oxygens (including phenoxy) is 2. The van der Waals surface area contributed by atoms with Crippen LogP contribution in [0.4, 0.5) is 4.39 Å². The molecular weight excluding hydrogens is 327 g/mol. The van der Waals surface area contributed by atoms with Crippen LogP contribution < -0.4 is 9.47 Å². The predicted molar refractivity (Wildman–Crippen MR) is 76.8 cm³/mol. The van der Waals surface area contributed by atoms with Crippen molar-refractivity contribution in [2.45, 2.75) is 6.61 Å². The third-order valence-electron chi connectivity index (χ3n) is 2.67. The summed E-state index contributed by atoms with van der Waals surface area (Å²) in [6.45, 7) is 0.213. The summed E-state index contributed by atoms with van der Waals surface area (Å²) in [6.07, 6.45) is 0.579. The number of halogens is 2. The number of hydrogen-bond donors (Lipinski definition) is 0. The lowest BCUT2D eigenvalue weighted by Gasteiger charge is -2.11. The molecule has 0 amide bonds. The fraction of sp³-hybridized carbons (Fsp3) is 0.133. The summed E-state index contributed by atoms with van der Waals surface area (Å²) >= 11 is 3.37. The highest BCUT2D eigenvalue weighted by atomic mass is 79.9. The van der Waals surface area contributed by atoms with Crippen LogP contribution in [-0.4, -0.2) is 13.4 Å². The van der Waals surface area contributed by atoms with Gasteiger partial charge in [-0.1, -0.05) is 15.9 Å². The third kappa shape index (κ3) is 3.57. The average molecular weight is 339 g/mol. The van der Waals surface area contributed by atoms with Gasteiger partial charge in [0, 0.05) is 21.7 Å². The topological polar surface area (TPSA) is 35.5 Å². The molecule has 0 heterocycles. The van der Waals surface area contributed by atoms with Crippen molar-refractivity contribution in [2.24, 2.45) is 0 Å². The van der Waals surface area contributed by atoms with Crippen LogP contribution in [-0.2, 0) is 6.61 Å². The van der Waals surface area contributed by atoms with E-state index in [0.29, 0.717) is 17.8 Å². The van der Waals surface area contributed by atoms with E-state index >= 15 is 0 Å². The highest BCUT2D eigenvalue weighted by Gasteiger charge is 2.06. The molecular formula is C15H12BrFO3. The molecule has 0 radical (unpaired) electrons. The Bertz CT molecular complexity index is 629. The number of carbonyl (C=O) groups is 1. The van der Waals surface area contributed by atoms with E-state index in [1.54, 1.807) is 7.11 Å². The van der Waals surface area contributed by atoms with Crippen LogP contribution in [0.5, 0.6) is 11.5 Å². The Morgan fingerprint density at radius 1 is 1.25 bits per heavy atom. The standard InChI is InChI=1S/C15H12BrFO3/c1-19-15-3-2-12(16)6-11(15)9-20-14-5-10(8-18)4-13(17)7-14/h2-8H,9H2,1H3. The van der Waals surface area contributed by atoms with Gasteiger partial charge in [0.2, 0.25) is 0 Å². The van der Waals surface area contributed by atoms with E-state index in [2.05, 4.69) is 15.9 Å². The van der Waals surface area contributed by atoms with Crippen LogP contribution in [0.1, 0.15) is 15.9 Å². The lowest BCUT2D eigenvalue weighted by molar-refractivity contribution is 0.112. The minimum atomic E-state index is -0.509. The Morgan fingerprint density at radius 3 is 2.75 bits per heavy atom. The zero-order valence-electron chi connectivity index (χ0n) is 10.7. The van der Waals surface area contributed by atoms with E-state index in [1.807, 2.05) is 18.2 Å². The molecule has 20 heavy (non-hydrogen) atoms. The van der Waals surface area contributed by atoms with Gasteiger partial charge in [0.05, 0.1) is 7.11 Å². The summed E-state index contributed by atoms with van der Waals surface area (Å²) in [5.74, 6) is 0.472. The lowest BCUT2D eigenvalue weighted by atomic mass is 10.2. The molecule has 0 N–H and O–H groups in total. The zero-order valence-corrected chi connectivity index (χ0v) is 12.3. The van der Waals surface area contributed by atoms with E-state index in [0.717, 1.165) is 16.1 Å². The number of rotatable bonds is 5. The quantitative estimate of drug-likeness (QED) is 0.773. The van der Waals surface area contributed by atoms with Crippen LogP contribution in [0.25, 0.3) is 0 Å². The van der Waals surface area contributed by atoms with Gasteiger partial charge in [-0.3, -0.25) is 4.79 Å². The normalized spacial score (nSPS) is 10.2. The molecule has 0 unspecified atom stereocenters. The van der Waals surface area contributed by atoms with E-state index in [1.165, 1.54) is 12.1 Å². The molecule has 0 bridgehead atoms. The number of hydrogen-bond acceptors (Lipinski definition) is 3. The Balaban J connectivity index is 2.18. The van der Waals surface area contributed by atoms with Crippen LogP contribution in [0, 0.1) is 5.82 Å². The van der Waals surface area contributed by atoms with Gasteiger partial charge in [0.15, 0.2) is 0 Å². The van der Waals surface area contributed by atoms with Crippen molar-refractivity contribution in [3.63, 3.8) is 0 Å². The first-order valence-electron chi connectivity index (χ1n) is 5.83. The minimum absolute atomic E-state index is 0.213. The summed E-state index contributed by atoms with van der Waals surface area (Å²) in [7, 11) is 1.57. The fourth-order valence-corrected chi connectivity index (χ4v) is 2.17. The first-order chi connectivity index (χ1) is 9.62. The van der Waals surface area contributed by atoms with Crippen molar-refractivity contribution in [3.05, 3.63) is 57.8 Å². The Kier molecular flexibility index (Phi) is 4.74. The van der Waals surface area contributed by atoms with Crippen LogP contribution >= 0.6 is 15.9 Å². The second-order valence-corrected chi connectivity index (χ2v) is 5.00. The second-order valence-electron chi connectivity index (χ2n) is 4.08. The summed E-state index contributed by atoms with van der Waals surface area (Å²) in [6, 6.07) is 9.40. The summed E-state index contributed by atoms with van der Waals surface area (Å²) in [4.78, 5) is 10.7. The molecule has 0 saturated heterocycles. The molecule has 0 fully saturated rings. The molecule has 104 valence electrons. The second kappa shape index (κ2) is 6.52. The maximum Gasteiger partial charge on any atom is 0.150 e. The summed E-state index contributed by atoms with van der Waals surface area (Å²) in [5, 5.41) is 0. The van der Waals surface area contributed by atoms with E-state index in [-0.39, 0.29) is 12.2 Å². The van der Waals surface area contributed by atoms with Crippen molar-refractivity contribution in [1.29, 1.82) is 0 Å². The maximum atomic E-state index is 13.3. The van der Waals surface area contributed by atoms with Gasteiger partial charge in [0.25, 0.3) is 0 Å². The van der Waals surface area contributed by atoms with E-state index < -0.39 is 5.82 Å². The van der Waals surface area contributed by atoms with Gasteiger partial charge in [0.1, 0.15) is 30.2 Å². The summed E-state index contributed by atoms with van der Waals surface area (Å²) in [5.41, 5.74) is 1.06. The fourth-order valence-electron chi connectivity index (χ4n) is 1.76. The highest BCUT2D eigenvalue weighted by molar-refractivity contribution is 9.10. The molecule has 2 aromatic rings. The van der Waals surface area contributed by atoms with E-state index in [4.69, 9.17) is 9.47 Å². The van der Waals surface area contributed by atoms with Gasteiger partial charge in [-0.25, -0.2) is 4.39 Å². The SMILES string of the molecule is COc1ccc(Br)cc1COc1cc(F)cc(C=O)c1. The van der Waals surface area contributed by atoms with Crippen molar-refractivity contribution < 1.29 is 18.7 Å². The molecule has 2 aromatic carbocycles. The van der Waals surface area contributed by atoms with Gasteiger partial charge < -0.3 is 9.47 Å². The Hall–Kier alpha value is -1.88. The monoisotopic (exact) mass is 338 g/mol. The minimum Gasteiger partial charge on any atom is -0.496 e. The van der Waals surface area contributed by atoms with Crippen LogP contribution in [0.3, 0.4) is 0 Å². The first kappa shape index (κ1) is 14.5. The van der Waals surface area contributed by atoms with Crippen molar-refractivity contribution in [1.82, 2.24) is 0 Å². The molecule has 2 rings (SSSR count). The lowest BCUT2D eigenvalue weighted by Crippen LogP contribution is -1.99. The number of carbonyl (C=O) groups excluding carboxylic acids is 1. The van der Waals surface area contributed by atoms with Crippen LogP contribution in [0.2, 0.25) is 0 Å². The molecule has 0 aliphatic heterocycles. The number of benzene rings is 2. The molecule has 3 nitrogen and oxygen atoms in total. The van der Waals surface area contributed by atoms with Gasteiger partial charge in [-0.15, -0.1) is 0 Å². The van der Waals surface area contributed by atoms with Crippen molar-refractivity contribution in [2.75, 3.05) is 7.11 Å². The van der Waals surface area contributed by atoms with E-state index in [9.17, 15) is 9.18 Å². The molecule has 0 spiro atoms. The third-order valence-corrected chi connectivity index (χ3v) is 3.16. The van der Waals surface area contributed by atoms with Crippen molar-refractivity contribution >= 4 is 22.2 Å². The highest BCUT2D eigenvalue weighted by Crippen LogP contribution is 2.25. The molecule has 0 saturated carbocycles. The van der Waals surface area contributed by atoms with Crippen molar-refractivity contribution in [3.8, 4) is 11.5 Å². The molecule has 0 aromatic heterocycles. The zero-order chi connectivity index (χ0) is 14.5. The number of methoxy groups -OCH3 is 1. The molecule has 0 aliphatic carbocycles. The maximum absolute atomic E-state index is 13.3. The van der Waals surface area contributed by atoms with Gasteiger partial charge in [-0.2, -0.15) is 0 Å². The first-order valence-corrected chi connectivity index (χ1v) is 6.62.